The SMILES string of the molecule is CNC(=O)c1ccc(N2CCC(N3CC4CC4(C)C3)CC2)cn1. The average Bonchev–Trinajstić information content (AvgIpc) is 3.11. The van der Waals surface area contributed by atoms with Crippen LogP contribution >= 0.6 is 0 Å². The van der Waals surface area contributed by atoms with Crippen molar-refractivity contribution in [1.82, 2.24) is 15.2 Å². The van der Waals surface area contributed by atoms with Crippen LogP contribution in [-0.4, -0.2) is 55.1 Å². The summed E-state index contributed by atoms with van der Waals surface area (Å²) in [7, 11) is 1.63. The van der Waals surface area contributed by atoms with E-state index in [4.69, 9.17) is 0 Å². The molecule has 124 valence electrons. The molecule has 2 saturated heterocycles. The van der Waals surface area contributed by atoms with Gasteiger partial charge in [0, 0.05) is 39.3 Å². The summed E-state index contributed by atoms with van der Waals surface area (Å²) in [6.07, 6.45) is 5.75. The Morgan fingerprint density at radius 2 is 2.13 bits per heavy atom. The van der Waals surface area contributed by atoms with E-state index in [2.05, 4.69) is 27.0 Å². The second-order valence-corrected chi connectivity index (χ2v) is 7.68. The van der Waals surface area contributed by atoms with Gasteiger partial charge in [-0.05, 0) is 42.7 Å². The normalized spacial score (nSPS) is 31.0. The third kappa shape index (κ3) is 2.71. The minimum Gasteiger partial charge on any atom is -0.370 e. The van der Waals surface area contributed by atoms with Crippen LogP contribution < -0.4 is 10.2 Å². The number of anilines is 1. The molecule has 2 aliphatic heterocycles. The summed E-state index contributed by atoms with van der Waals surface area (Å²) in [4.78, 5) is 21.0. The molecule has 0 aromatic carbocycles. The molecule has 5 heteroatoms. The molecule has 1 saturated carbocycles. The molecule has 1 N–H and O–H groups in total. The van der Waals surface area contributed by atoms with Gasteiger partial charge in [0.2, 0.25) is 0 Å². The fourth-order valence-corrected chi connectivity index (χ4v) is 4.40. The van der Waals surface area contributed by atoms with E-state index in [1.165, 1.54) is 32.4 Å². The smallest absolute Gasteiger partial charge is 0.269 e. The number of rotatable bonds is 3. The maximum atomic E-state index is 11.6. The summed E-state index contributed by atoms with van der Waals surface area (Å²) in [5.74, 6) is 0.846. The van der Waals surface area contributed by atoms with Crippen LogP contribution in [0.3, 0.4) is 0 Å². The van der Waals surface area contributed by atoms with Gasteiger partial charge in [-0.1, -0.05) is 6.92 Å². The number of piperidine rings is 2. The topological polar surface area (TPSA) is 48.5 Å². The molecule has 1 aromatic rings. The summed E-state index contributed by atoms with van der Waals surface area (Å²) in [6.45, 7) is 7.26. The van der Waals surface area contributed by atoms with Crippen molar-refractivity contribution in [2.45, 2.75) is 32.2 Å². The van der Waals surface area contributed by atoms with E-state index in [1.807, 2.05) is 18.3 Å². The molecule has 1 aliphatic carbocycles. The Morgan fingerprint density at radius 3 is 2.70 bits per heavy atom. The summed E-state index contributed by atoms with van der Waals surface area (Å²) in [6, 6.07) is 4.59. The maximum Gasteiger partial charge on any atom is 0.269 e. The lowest BCUT2D eigenvalue weighted by molar-refractivity contribution is 0.0958. The fraction of sp³-hybridized carbons (Fsp3) is 0.667. The number of hydrogen-bond acceptors (Lipinski definition) is 4. The molecule has 4 rings (SSSR count). The van der Waals surface area contributed by atoms with Gasteiger partial charge in [0.25, 0.3) is 5.91 Å². The number of nitrogens with one attached hydrogen (secondary N) is 1. The van der Waals surface area contributed by atoms with Crippen LogP contribution in [0.5, 0.6) is 0 Å². The standard InChI is InChI=1S/C18H26N4O/c1-18-9-13(18)11-22(12-18)14-5-7-21(8-6-14)15-3-4-16(20-10-15)17(23)19-2/h3-4,10,13-14H,5-9,11-12H2,1-2H3,(H,19,23). The van der Waals surface area contributed by atoms with Crippen LogP contribution in [0.25, 0.3) is 0 Å². The van der Waals surface area contributed by atoms with Crippen LogP contribution in [-0.2, 0) is 0 Å². The zero-order valence-corrected chi connectivity index (χ0v) is 14.1. The van der Waals surface area contributed by atoms with Crippen molar-refractivity contribution >= 4 is 11.6 Å². The Hall–Kier alpha value is -1.62. The first-order chi connectivity index (χ1) is 11.1. The fourth-order valence-electron chi connectivity index (χ4n) is 4.40. The Kier molecular flexibility index (Phi) is 3.56. The number of aromatic nitrogens is 1. The molecule has 3 aliphatic rings. The van der Waals surface area contributed by atoms with Crippen molar-refractivity contribution in [3.63, 3.8) is 0 Å². The highest BCUT2D eigenvalue weighted by Gasteiger charge is 2.57. The largest absolute Gasteiger partial charge is 0.370 e. The van der Waals surface area contributed by atoms with Crippen molar-refractivity contribution in [3.8, 4) is 0 Å². The van der Waals surface area contributed by atoms with Crippen LogP contribution in [0.1, 0.15) is 36.7 Å². The summed E-state index contributed by atoms with van der Waals surface area (Å²) >= 11 is 0. The second-order valence-electron chi connectivity index (χ2n) is 7.68. The van der Waals surface area contributed by atoms with Crippen LogP contribution in [0.2, 0.25) is 0 Å². The van der Waals surface area contributed by atoms with E-state index in [0.29, 0.717) is 11.1 Å². The number of hydrogen-bond donors (Lipinski definition) is 1. The van der Waals surface area contributed by atoms with E-state index in [9.17, 15) is 4.79 Å². The van der Waals surface area contributed by atoms with Crippen molar-refractivity contribution in [3.05, 3.63) is 24.0 Å². The second kappa shape index (κ2) is 5.48. The molecule has 1 amide bonds. The lowest BCUT2D eigenvalue weighted by Crippen LogP contribution is -2.45. The molecular formula is C18H26N4O. The van der Waals surface area contributed by atoms with E-state index >= 15 is 0 Å². The molecule has 3 fully saturated rings. The molecule has 0 radical (unpaired) electrons. The molecule has 2 unspecified atom stereocenters. The van der Waals surface area contributed by atoms with Gasteiger partial charge in [0.05, 0.1) is 11.9 Å². The molecular weight excluding hydrogens is 288 g/mol. The minimum absolute atomic E-state index is 0.128. The molecule has 0 spiro atoms. The van der Waals surface area contributed by atoms with Crippen molar-refractivity contribution in [2.75, 3.05) is 38.1 Å². The maximum absolute atomic E-state index is 11.6. The number of likely N-dealkylation sites (tertiary alicyclic amines) is 1. The Bertz CT molecular complexity index is 594. The van der Waals surface area contributed by atoms with E-state index < -0.39 is 0 Å². The zero-order valence-electron chi connectivity index (χ0n) is 14.1. The highest BCUT2D eigenvalue weighted by Crippen LogP contribution is 2.57. The highest BCUT2D eigenvalue weighted by molar-refractivity contribution is 5.92. The summed E-state index contributed by atoms with van der Waals surface area (Å²) in [5, 5.41) is 2.61. The molecule has 23 heavy (non-hydrogen) atoms. The molecule has 3 heterocycles. The van der Waals surface area contributed by atoms with Crippen molar-refractivity contribution in [2.24, 2.45) is 11.3 Å². The Balaban J connectivity index is 1.33. The average molecular weight is 314 g/mol. The quantitative estimate of drug-likeness (QED) is 0.923. The van der Waals surface area contributed by atoms with Crippen LogP contribution in [0, 0.1) is 11.3 Å². The van der Waals surface area contributed by atoms with Crippen LogP contribution in [0.4, 0.5) is 5.69 Å². The number of pyridine rings is 1. The summed E-state index contributed by atoms with van der Waals surface area (Å²) < 4.78 is 0. The van der Waals surface area contributed by atoms with Crippen molar-refractivity contribution in [1.29, 1.82) is 0 Å². The number of amides is 1. The first kappa shape index (κ1) is 14.9. The molecule has 5 nitrogen and oxygen atoms in total. The van der Waals surface area contributed by atoms with Gasteiger partial charge in [0.15, 0.2) is 0 Å². The van der Waals surface area contributed by atoms with Crippen molar-refractivity contribution < 1.29 is 4.79 Å². The van der Waals surface area contributed by atoms with E-state index in [1.54, 1.807) is 7.05 Å². The first-order valence-electron chi connectivity index (χ1n) is 8.76. The molecule has 1 aromatic heterocycles. The number of fused-ring (bicyclic) bond motifs is 1. The predicted octanol–water partition coefficient (Wildman–Crippen LogP) is 1.75. The minimum atomic E-state index is -0.128. The molecule has 2 atom stereocenters. The molecule has 0 bridgehead atoms. The van der Waals surface area contributed by atoms with Gasteiger partial charge >= 0.3 is 0 Å². The predicted molar refractivity (Wildman–Crippen MR) is 90.6 cm³/mol. The summed E-state index contributed by atoms with van der Waals surface area (Å²) in [5.41, 5.74) is 2.26. The third-order valence-corrected chi connectivity index (χ3v) is 6.11. The highest BCUT2D eigenvalue weighted by atomic mass is 16.1. The number of nitrogens with zero attached hydrogens (tertiary/aromatic N) is 3. The van der Waals surface area contributed by atoms with Crippen LogP contribution in [0.15, 0.2) is 18.3 Å². The van der Waals surface area contributed by atoms with E-state index in [0.717, 1.165) is 30.7 Å². The third-order valence-electron chi connectivity index (χ3n) is 6.11. The Morgan fingerprint density at radius 1 is 1.35 bits per heavy atom. The van der Waals surface area contributed by atoms with E-state index in [-0.39, 0.29) is 5.91 Å². The monoisotopic (exact) mass is 314 g/mol. The van der Waals surface area contributed by atoms with Gasteiger partial charge in [-0.15, -0.1) is 0 Å². The van der Waals surface area contributed by atoms with Gasteiger partial charge in [0.1, 0.15) is 5.69 Å². The number of carbonyl (C=O) groups excluding carboxylic acids is 1. The number of carbonyl (C=O) groups is 1. The van der Waals surface area contributed by atoms with Gasteiger partial charge in [-0.3, -0.25) is 9.69 Å². The van der Waals surface area contributed by atoms with Gasteiger partial charge in [-0.2, -0.15) is 0 Å². The lowest BCUT2D eigenvalue weighted by Gasteiger charge is -2.38. The zero-order chi connectivity index (χ0) is 16.0. The lowest BCUT2D eigenvalue weighted by atomic mass is 10.0. The van der Waals surface area contributed by atoms with Gasteiger partial charge in [-0.25, -0.2) is 4.98 Å². The van der Waals surface area contributed by atoms with Gasteiger partial charge < -0.3 is 10.2 Å². The first-order valence-corrected chi connectivity index (χ1v) is 8.76. The Labute approximate surface area is 138 Å².